The molecule has 1 N–H and O–H groups in total. The number of thiazole rings is 1. The van der Waals surface area contributed by atoms with Gasteiger partial charge in [0.1, 0.15) is 0 Å². The van der Waals surface area contributed by atoms with Gasteiger partial charge in [-0.1, -0.05) is 40.6 Å². The summed E-state index contributed by atoms with van der Waals surface area (Å²) >= 11 is 13.2. The Hall–Kier alpha value is -1.91. The maximum atomic E-state index is 12.9. The summed E-state index contributed by atoms with van der Waals surface area (Å²) in [6.07, 6.45) is 0.859. The average molecular weight is 543 g/mol. The molecule has 0 bridgehead atoms. The third-order valence-electron chi connectivity index (χ3n) is 5.97. The Bertz CT molecular complexity index is 1390. The number of piperidine rings is 1. The fourth-order valence-corrected chi connectivity index (χ4v) is 7.37. The molecule has 1 aliphatic heterocycles. The maximum absolute atomic E-state index is 12.9. The van der Waals surface area contributed by atoms with E-state index in [1.165, 1.54) is 10.4 Å². The van der Waals surface area contributed by atoms with Crippen LogP contribution >= 0.6 is 34.5 Å². The molecular formula is C23H25Cl2N3O4S2. The van der Waals surface area contributed by atoms with Gasteiger partial charge in [0.25, 0.3) is 0 Å². The minimum absolute atomic E-state index is 0.0260. The monoisotopic (exact) mass is 541 g/mol. The second-order valence-electron chi connectivity index (χ2n) is 8.67. The van der Waals surface area contributed by atoms with Crippen molar-refractivity contribution in [3.05, 3.63) is 61.7 Å². The Kier molecular flexibility index (Phi) is 7.40. The largest absolute Gasteiger partial charge is 0.326 e. The quantitative estimate of drug-likeness (QED) is 0.468. The van der Waals surface area contributed by atoms with Gasteiger partial charge in [0.05, 0.1) is 16.0 Å². The van der Waals surface area contributed by atoms with Gasteiger partial charge in [0.15, 0.2) is 0 Å². The smallest absolute Gasteiger partial charge is 0.308 e. The molecule has 0 saturated carbocycles. The van der Waals surface area contributed by atoms with Crippen LogP contribution in [-0.2, 0) is 20.6 Å². The zero-order valence-corrected chi connectivity index (χ0v) is 21.9. The number of anilines is 1. The Morgan fingerprint density at radius 1 is 1.15 bits per heavy atom. The van der Waals surface area contributed by atoms with Crippen molar-refractivity contribution in [1.82, 2.24) is 8.87 Å². The van der Waals surface area contributed by atoms with Crippen molar-refractivity contribution >= 4 is 66.4 Å². The van der Waals surface area contributed by atoms with E-state index < -0.39 is 10.0 Å². The average Bonchev–Trinajstić information content (AvgIpc) is 3.11. The molecule has 7 nitrogen and oxygen atoms in total. The molecule has 3 aromatic rings. The number of sulfonamides is 1. The second-order valence-corrected chi connectivity index (χ2v) is 12.5. The summed E-state index contributed by atoms with van der Waals surface area (Å²) in [4.78, 5) is 25.1. The molecular weight excluding hydrogens is 517 g/mol. The zero-order valence-electron chi connectivity index (χ0n) is 18.8. The van der Waals surface area contributed by atoms with E-state index >= 15 is 0 Å². The fourth-order valence-electron chi connectivity index (χ4n) is 4.17. The van der Waals surface area contributed by atoms with Crippen LogP contribution < -0.4 is 10.2 Å². The summed E-state index contributed by atoms with van der Waals surface area (Å²) in [7, 11) is -3.57. The summed E-state index contributed by atoms with van der Waals surface area (Å²) in [6.45, 7) is 4.45. The van der Waals surface area contributed by atoms with Crippen molar-refractivity contribution in [3.8, 4) is 0 Å². The summed E-state index contributed by atoms with van der Waals surface area (Å²) < 4.78 is 29.7. The Labute approximate surface area is 212 Å². The molecule has 1 aromatic heterocycles. The summed E-state index contributed by atoms with van der Waals surface area (Å²) in [5, 5.41) is 3.69. The second kappa shape index (κ2) is 9.99. The highest BCUT2D eigenvalue weighted by Gasteiger charge is 2.31. The zero-order chi connectivity index (χ0) is 24.6. The normalized spacial score (nSPS) is 15.8. The van der Waals surface area contributed by atoms with Crippen molar-refractivity contribution in [2.24, 2.45) is 5.92 Å². The first kappa shape index (κ1) is 25.2. The van der Waals surface area contributed by atoms with Gasteiger partial charge in [-0.3, -0.25) is 14.2 Å². The number of aromatic nitrogens is 1. The highest BCUT2D eigenvalue weighted by Crippen LogP contribution is 2.28. The summed E-state index contributed by atoms with van der Waals surface area (Å²) in [5.74, 6) is -0.647. The molecule has 11 heteroatoms. The van der Waals surface area contributed by atoms with Crippen LogP contribution in [0.5, 0.6) is 0 Å². The van der Waals surface area contributed by atoms with Crippen LogP contribution in [0, 0.1) is 5.92 Å². The molecule has 34 heavy (non-hydrogen) atoms. The van der Waals surface area contributed by atoms with Gasteiger partial charge in [-0.05, 0) is 62.6 Å². The van der Waals surface area contributed by atoms with E-state index in [0.29, 0.717) is 34.1 Å². The number of hydrogen-bond donors (Lipinski definition) is 1. The molecule has 1 saturated heterocycles. The van der Waals surface area contributed by atoms with Gasteiger partial charge >= 0.3 is 4.87 Å². The number of hydrogen-bond acceptors (Lipinski definition) is 5. The third kappa shape index (κ3) is 5.33. The van der Waals surface area contributed by atoms with Crippen molar-refractivity contribution in [2.45, 2.75) is 38.5 Å². The summed E-state index contributed by atoms with van der Waals surface area (Å²) in [6, 6.07) is 10.3. The molecule has 4 rings (SSSR count). The standard InChI is InChI=1S/C23H25Cl2N3O4S2/c1-14(2)28-20-6-5-18(12-21(20)33-23(28)30)26-22(29)15-7-9-27(10-8-15)34(31,32)13-16-3-4-17(24)11-19(16)25/h3-6,11-12,14-15H,7-10,13H2,1-2H3,(H,26,29). The lowest BCUT2D eigenvalue weighted by atomic mass is 9.97. The topological polar surface area (TPSA) is 88.5 Å². The van der Waals surface area contributed by atoms with Gasteiger partial charge < -0.3 is 5.32 Å². The van der Waals surface area contributed by atoms with Gasteiger partial charge in [0, 0.05) is 40.8 Å². The highest BCUT2D eigenvalue weighted by atomic mass is 35.5. The molecule has 1 fully saturated rings. The number of carbonyl (C=O) groups is 1. The highest BCUT2D eigenvalue weighted by molar-refractivity contribution is 7.88. The summed E-state index contributed by atoms with van der Waals surface area (Å²) in [5.41, 5.74) is 1.97. The molecule has 0 unspecified atom stereocenters. The number of rotatable bonds is 6. The third-order valence-corrected chi connectivity index (χ3v) is 9.30. The number of nitrogens with zero attached hydrogens (tertiary/aromatic N) is 2. The van der Waals surface area contributed by atoms with Crippen LogP contribution in [0.15, 0.2) is 41.2 Å². The van der Waals surface area contributed by atoms with Crippen LogP contribution in [0.1, 0.15) is 38.3 Å². The van der Waals surface area contributed by atoms with Gasteiger partial charge in [-0.2, -0.15) is 0 Å². The molecule has 1 amide bonds. The number of carbonyl (C=O) groups excluding carboxylic acids is 1. The fraction of sp³-hybridized carbons (Fsp3) is 0.391. The number of fused-ring (bicyclic) bond motifs is 1. The van der Waals surface area contributed by atoms with E-state index in [9.17, 15) is 18.0 Å². The van der Waals surface area contributed by atoms with Crippen molar-refractivity contribution in [1.29, 1.82) is 0 Å². The first-order valence-corrected chi connectivity index (χ1v) is 14.1. The van der Waals surface area contributed by atoms with Crippen LogP contribution in [-0.4, -0.2) is 36.3 Å². The lowest BCUT2D eigenvalue weighted by Gasteiger charge is -2.30. The van der Waals surface area contributed by atoms with Gasteiger partial charge in [0.2, 0.25) is 15.9 Å². The van der Waals surface area contributed by atoms with Gasteiger partial charge in [-0.15, -0.1) is 0 Å². The molecule has 0 atom stereocenters. The van der Waals surface area contributed by atoms with E-state index in [0.717, 1.165) is 21.6 Å². The molecule has 0 radical (unpaired) electrons. The minimum Gasteiger partial charge on any atom is -0.326 e. The van der Waals surface area contributed by atoms with Crippen molar-refractivity contribution in [3.63, 3.8) is 0 Å². The van der Waals surface area contributed by atoms with Crippen LogP contribution in [0.25, 0.3) is 10.2 Å². The molecule has 0 spiro atoms. The number of nitrogens with one attached hydrogen (secondary N) is 1. The number of amides is 1. The molecule has 2 aromatic carbocycles. The van der Waals surface area contributed by atoms with E-state index in [1.54, 1.807) is 22.8 Å². The number of halogens is 2. The predicted molar refractivity (Wildman–Crippen MR) is 138 cm³/mol. The Morgan fingerprint density at radius 2 is 1.85 bits per heavy atom. The molecule has 2 heterocycles. The minimum atomic E-state index is -3.57. The van der Waals surface area contributed by atoms with Gasteiger partial charge in [-0.25, -0.2) is 12.7 Å². The first-order valence-electron chi connectivity index (χ1n) is 10.9. The Morgan fingerprint density at radius 3 is 2.50 bits per heavy atom. The van der Waals surface area contributed by atoms with Crippen LogP contribution in [0.3, 0.4) is 0 Å². The van der Waals surface area contributed by atoms with E-state index in [-0.39, 0.29) is 41.6 Å². The van der Waals surface area contributed by atoms with E-state index in [2.05, 4.69) is 5.32 Å². The first-order chi connectivity index (χ1) is 16.0. The molecule has 1 aliphatic rings. The lowest BCUT2D eigenvalue weighted by Crippen LogP contribution is -2.41. The Balaban J connectivity index is 1.38. The molecule has 182 valence electrons. The lowest BCUT2D eigenvalue weighted by molar-refractivity contribution is -0.120. The van der Waals surface area contributed by atoms with Crippen LogP contribution in [0.2, 0.25) is 10.0 Å². The SMILES string of the molecule is CC(C)n1c(=O)sc2cc(NC(=O)C3CCN(S(=O)(=O)Cc4ccc(Cl)cc4Cl)CC3)ccc21. The van der Waals surface area contributed by atoms with Crippen molar-refractivity contribution in [2.75, 3.05) is 18.4 Å². The predicted octanol–water partition coefficient (Wildman–Crippen LogP) is 5.13. The van der Waals surface area contributed by atoms with Crippen molar-refractivity contribution < 1.29 is 13.2 Å². The maximum Gasteiger partial charge on any atom is 0.308 e. The van der Waals surface area contributed by atoms with E-state index in [1.807, 2.05) is 26.0 Å². The number of benzene rings is 2. The van der Waals surface area contributed by atoms with E-state index in [4.69, 9.17) is 23.2 Å². The molecule has 0 aliphatic carbocycles. The van der Waals surface area contributed by atoms with Crippen LogP contribution in [0.4, 0.5) is 5.69 Å².